The van der Waals surface area contributed by atoms with Gasteiger partial charge in [0.25, 0.3) is 0 Å². The Labute approximate surface area is 66.6 Å². The van der Waals surface area contributed by atoms with Crippen molar-refractivity contribution >= 4 is 20.9 Å². The predicted octanol–water partition coefficient (Wildman–Crippen LogP) is -3.73. The normalized spacial score (nSPS) is 13.0. The molecule has 0 amide bonds. The minimum atomic E-state index is -5.51. The summed E-state index contributed by atoms with van der Waals surface area (Å²) in [6, 6.07) is 0. The van der Waals surface area contributed by atoms with Crippen LogP contribution < -0.4 is 19.6 Å². The maximum Gasteiger partial charge on any atom is 0.188 e. The molecule has 0 aromatic rings. The van der Waals surface area contributed by atoms with Gasteiger partial charge in [0.05, 0.1) is 7.82 Å². The van der Waals surface area contributed by atoms with E-state index in [1.165, 1.54) is 0 Å². The van der Waals surface area contributed by atoms with E-state index in [4.69, 9.17) is 0 Å². The fraction of sp³-hybridized carbons (Fsp3) is 0.500. The Morgan fingerprint density at radius 3 is 1.83 bits per heavy atom. The molecule has 10 heteroatoms. The topological polar surface area (TPSA) is 153 Å². The molecule has 0 N–H and O–H groups in total. The van der Waals surface area contributed by atoms with E-state index in [1.54, 1.807) is 0 Å². The molecule has 0 spiro atoms. The molecule has 0 aromatic carbocycles. The lowest BCUT2D eigenvalue weighted by molar-refractivity contribution is -0.341. The van der Waals surface area contributed by atoms with Gasteiger partial charge in [-0.1, -0.05) is 0 Å². The molecule has 0 unspecified atom stereocenters. The Bertz CT molecular complexity index is 256. The Balaban J connectivity index is 4.07. The van der Waals surface area contributed by atoms with Crippen LogP contribution in [0.3, 0.4) is 0 Å². The average Bonchev–Trinajstić information content (AvgIpc) is 1.78. The molecule has 0 saturated carbocycles. The molecule has 0 aliphatic heterocycles. The van der Waals surface area contributed by atoms with Crippen molar-refractivity contribution in [1.29, 1.82) is 0 Å². The lowest BCUT2D eigenvalue weighted by Gasteiger charge is -2.31. The lowest BCUT2D eigenvalue weighted by Crippen LogP contribution is -2.27. The van der Waals surface area contributed by atoms with Gasteiger partial charge in [0, 0.05) is 7.60 Å². The molecule has 12 heavy (non-hydrogen) atoms. The van der Waals surface area contributed by atoms with Crippen LogP contribution >= 0.6 is 15.4 Å². The molecule has 72 valence electrons. The second-order valence-electron chi connectivity index (χ2n) is 1.61. The summed E-state index contributed by atoms with van der Waals surface area (Å²) in [5, 5.41) is 0. The molecule has 0 rings (SSSR count). The van der Waals surface area contributed by atoms with E-state index < -0.39 is 27.5 Å². The van der Waals surface area contributed by atoms with E-state index in [1.807, 2.05) is 0 Å². The van der Waals surface area contributed by atoms with E-state index in [-0.39, 0.29) is 0 Å². The summed E-state index contributed by atoms with van der Waals surface area (Å²) in [5.41, 5.74) is -1.98. The Morgan fingerprint density at radius 1 is 1.17 bits per heavy atom. The van der Waals surface area contributed by atoms with Crippen molar-refractivity contribution in [3.8, 4) is 0 Å². The van der Waals surface area contributed by atoms with Gasteiger partial charge in [-0.05, 0) is 0 Å². The van der Waals surface area contributed by atoms with Crippen molar-refractivity contribution in [1.82, 2.24) is 0 Å². The third-order valence-electron chi connectivity index (χ3n) is 0.652. The minimum Gasteiger partial charge on any atom is -0.805 e. The number of phosphoric acid groups is 1. The van der Waals surface area contributed by atoms with E-state index >= 15 is 0 Å². The van der Waals surface area contributed by atoms with Gasteiger partial charge in [0.2, 0.25) is 0 Å². The lowest BCUT2D eigenvalue weighted by atomic mass is 10.8. The zero-order valence-electron chi connectivity index (χ0n) is 5.37. The van der Waals surface area contributed by atoms with Crippen LogP contribution in [0, 0.1) is 0 Å². The first-order chi connectivity index (χ1) is 5.13. The SMILES string of the molecule is O=C(COP(=O)([O-])[O-])P(=O)([O-])[O-]. The first-order valence-electron chi connectivity index (χ1n) is 2.35. The van der Waals surface area contributed by atoms with Crippen LogP contribution in [-0.2, 0) is 18.4 Å². The zero-order valence-corrected chi connectivity index (χ0v) is 7.16. The van der Waals surface area contributed by atoms with Gasteiger partial charge in [-0.2, -0.15) is 0 Å². The van der Waals surface area contributed by atoms with Crippen LogP contribution in [-0.4, -0.2) is 12.1 Å². The van der Waals surface area contributed by atoms with Crippen molar-refractivity contribution in [2.75, 3.05) is 6.61 Å². The molecular formula is C2H2O8P2-4. The van der Waals surface area contributed by atoms with Crippen molar-refractivity contribution in [2.45, 2.75) is 0 Å². The highest BCUT2D eigenvalue weighted by molar-refractivity contribution is 7.67. The summed E-state index contributed by atoms with van der Waals surface area (Å²) in [5.74, 6) is 0. The molecule has 8 nitrogen and oxygen atoms in total. The Hall–Kier alpha value is -0.0700. The third kappa shape index (κ3) is 5.56. The molecule has 0 fully saturated rings. The molecule has 0 aliphatic rings. The van der Waals surface area contributed by atoms with Crippen LogP contribution in [0.1, 0.15) is 0 Å². The van der Waals surface area contributed by atoms with Gasteiger partial charge >= 0.3 is 0 Å². The largest absolute Gasteiger partial charge is 0.805 e. The number of carbonyl (C=O) groups excluding carboxylic acids is 1. The summed E-state index contributed by atoms with van der Waals surface area (Å²) in [6.45, 7) is -1.56. The number of rotatable bonds is 4. The van der Waals surface area contributed by atoms with Crippen LogP contribution in [0.4, 0.5) is 0 Å². The molecule has 0 aliphatic carbocycles. The molecule has 0 aromatic heterocycles. The van der Waals surface area contributed by atoms with E-state index in [2.05, 4.69) is 4.52 Å². The predicted molar refractivity (Wildman–Crippen MR) is 26.2 cm³/mol. The summed E-state index contributed by atoms with van der Waals surface area (Å²) in [4.78, 5) is 49.0. The summed E-state index contributed by atoms with van der Waals surface area (Å²) >= 11 is 0. The van der Waals surface area contributed by atoms with Crippen molar-refractivity contribution < 1.29 is 38.0 Å². The van der Waals surface area contributed by atoms with Crippen molar-refractivity contribution in [3.05, 3.63) is 0 Å². The second-order valence-corrected chi connectivity index (χ2v) is 4.26. The molecule has 0 radical (unpaired) electrons. The number of phosphoric ester groups is 1. The van der Waals surface area contributed by atoms with Gasteiger partial charge in [-0.3, -0.25) is 4.79 Å². The van der Waals surface area contributed by atoms with Crippen molar-refractivity contribution in [2.24, 2.45) is 0 Å². The Morgan fingerprint density at radius 2 is 1.58 bits per heavy atom. The standard InChI is InChI=1S/C2H6O8P2/c3-2(11(4,5)6)1-10-12(7,8)9/h1H2,(H2,4,5,6)(H2,7,8,9)/p-4. The number of hydrogen-bond donors (Lipinski definition) is 0. The van der Waals surface area contributed by atoms with Crippen LogP contribution in [0.5, 0.6) is 0 Å². The summed E-state index contributed by atoms with van der Waals surface area (Å²) in [7, 11) is -10.9. The van der Waals surface area contributed by atoms with Gasteiger partial charge in [-0.15, -0.1) is 0 Å². The summed E-state index contributed by atoms with van der Waals surface area (Å²) in [6.07, 6.45) is 0. The van der Waals surface area contributed by atoms with E-state index in [0.717, 1.165) is 0 Å². The highest BCUT2D eigenvalue weighted by Gasteiger charge is 2.06. The van der Waals surface area contributed by atoms with Crippen LogP contribution in [0.15, 0.2) is 0 Å². The average molecular weight is 216 g/mol. The molecule has 0 heterocycles. The van der Waals surface area contributed by atoms with E-state index in [9.17, 15) is 33.5 Å². The second kappa shape index (κ2) is 3.76. The monoisotopic (exact) mass is 216 g/mol. The number of hydrogen-bond acceptors (Lipinski definition) is 8. The first-order valence-corrected chi connectivity index (χ1v) is 5.35. The molecule has 0 bridgehead atoms. The maximum absolute atomic E-state index is 10.1. The Kier molecular flexibility index (Phi) is 3.74. The van der Waals surface area contributed by atoms with Crippen molar-refractivity contribution in [3.63, 3.8) is 0 Å². The fourth-order valence-corrected chi connectivity index (χ4v) is 0.813. The van der Waals surface area contributed by atoms with Crippen LogP contribution in [0.25, 0.3) is 0 Å². The van der Waals surface area contributed by atoms with Gasteiger partial charge in [-0.25, -0.2) is 0 Å². The maximum atomic E-state index is 10.1. The fourth-order valence-electron chi connectivity index (χ4n) is 0.213. The van der Waals surface area contributed by atoms with Gasteiger partial charge in [0.1, 0.15) is 6.61 Å². The first kappa shape index (κ1) is 11.9. The minimum absolute atomic E-state index is 1.56. The quantitative estimate of drug-likeness (QED) is 0.434. The molecular weight excluding hydrogens is 214 g/mol. The molecule has 0 atom stereocenters. The highest BCUT2D eigenvalue weighted by Crippen LogP contribution is 2.29. The smallest absolute Gasteiger partial charge is 0.188 e. The van der Waals surface area contributed by atoms with Gasteiger partial charge < -0.3 is 33.2 Å². The summed E-state index contributed by atoms with van der Waals surface area (Å²) < 4.78 is 22.7. The number of carbonyl (C=O) groups is 1. The zero-order chi connectivity index (χ0) is 9.99. The highest BCUT2D eigenvalue weighted by atomic mass is 31.2. The molecule has 0 saturated heterocycles. The van der Waals surface area contributed by atoms with Crippen LogP contribution in [0.2, 0.25) is 0 Å². The third-order valence-corrected chi connectivity index (χ3v) is 1.84. The van der Waals surface area contributed by atoms with Gasteiger partial charge in [0.15, 0.2) is 5.52 Å². The van der Waals surface area contributed by atoms with E-state index in [0.29, 0.717) is 0 Å².